The van der Waals surface area contributed by atoms with Crippen molar-refractivity contribution in [2.45, 2.75) is 72.1 Å². The fraction of sp³-hybridized carbons (Fsp3) is 0.186. The molecule has 0 saturated heterocycles. The van der Waals surface area contributed by atoms with E-state index in [1.54, 1.807) is 16.8 Å². The molecular weight excluding hydrogens is 976 g/mol. The van der Waals surface area contributed by atoms with Gasteiger partial charge in [-0.15, -0.1) is 29.7 Å². The number of aromatic nitrogens is 4. The minimum Gasteiger partial charge on any atom is -0.510 e. The van der Waals surface area contributed by atoms with Gasteiger partial charge in [-0.05, 0) is 84.9 Å². The predicted octanol–water partition coefficient (Wildman–Crippen LogP) is 14.6. The third-order valence-electron chi connectivity index (χ3n) is 12.0. The van der Waals surface area contributed by atoms with Gasteiger partial charge in [0.1, 0.15) is 5.82 Å². The van der Waals surface area contributed by atoms with E-state index in [0.29, 0.717) is 39.1 Å². The van der Waals surface area contributed by atoms with Crippen molar-refractivity contribution in [3.63, 3.8) is 0 Å². The Labute approximate surface area is 402 Å². The Morgan fingerprint density at radius 2 is 1.32 bits per heavy atom. The topological polar surface area (TPSA) is 35.9 Å². The van der Waals surface area contributed by atoms with Crippen molar-refractivity contribution in [3.05, 3.63) is 199 Å². The van der Waals surface area contributed by atoms with E-state index >= 15 is 0 Å². The zero-order chi connectivity index (χ0) is 47.8. The van der Waals surface area contributed by atoms with Gasteiger partial charge in [0.15, 0.2) is 0 Å². The second-order valence-corrected chi connectivity index (χ2v) is 18.9. The summed E-state index contributed by atoms with van der Waals surface area (Å²) in [6, 6.07) is 51.9. The van der Waals surface area contributed by atoms with Crippen molar-refractivity contribution in [2.75, 3.05) is 0 Å². The largest absolute Gasteiger partial charge is 0.510 e. The van der Waals surface area contributed by atoms with Crippen molar-refractivity contribution in [3.8, 4) is 50.9 Å². The molecular formula is C59H52N4OPt-2. The summed E-state index contributed by atoms with van der Waals surface area (Å²) >= 11 is 0. The summed E-state index contributed by atoms with van der Waals surface area (Å²) in [5, 5.41) is 1.01. The fourth-order valence-electron chi connectivity index (χ4n) is 8.49. The van der Waals surface area contributed by atoms with Crippen molar-refractivity contribution in [1.29, 1.82) is 0 Å². The quantitative estimate of drug-likeness (QED) is 0.112. The first-order valence-corrected chi connectivity index (χ1v) is 21.9. The molecule has 3 heterocycles. The Morgan fingerprint density at radius 1 is 0.646 bits per heavy atom. The first kappa shape index (κ1) is 38.9. The van der Waals surface area contributed by atoms with Crippen molar-refractivity contribution < 1.29 is 35.9 Å². The van der Waals surface area contributed by atoms with E-state index in [9.17, 15) is 0 Å². The molecule has 0 saturated carbocycles. The van der Waals surface area contributed by atoms with Crippen molar-refractivity contribution in [1.82, 2.24) is 14.1 Å². The Hall–Kier alpha value is -6.55. The Balaban J connectivity index is 0.00000593. The summed E-state index contributed by atoms with van der Waals surface area (Å²) in [5.41, 5.74) is 12.4. The molecule has 6 heteroatoms. The molecule has 5 nitrogen and oxygen atoms in total. The molecule has 65 heavy (non-hydrogen) atoms. The van der Waals surface area contributed by atoms with E-state index in [-0.39, 0.29) is 62.0 Å². The van der Waals surface area contributed by atoms with E-state index in [2.05, 4.69) is 157 Å². The smallest absolute Gasteiger partial charge is 0.268 e. The minimum absolute atomic E-state index is 0. The summed E-state index contributed by atoms with van der Waals surface area (Å²) in [5.74, 6) is 1.57. The molecule has 0 radical (unpaired) electrons. The van der Waals surface area contributed by atoms with E-state index < -0.39 is 0 Å². The summed E-state index contributed by atoms with van der Waals surface area (Å²) in [6.45, 7) is 17.8. The number of para-hydroxylation sites is 4. The van der Waals surface area contributed by atoms with Gasteiger partial charge in [-0.2, -0.15) is 18.2 Å². The van der Waals surface area contributed by atoms with Gasteiger partial charge in [0.25, 0.3) is 6.33 Å². The Bertz CT molecular complexity index is 3570. The van der Waals surface area contributed by atoms with Gasteiger partial charge in [-0.25, -0.2) is 4.98 Å². The van der Waals surface area contributed by atoms with Gasteiger partial charge < -0.3 is 13.9 Å². The molecule has 326 valence electrons. The van der Waals surface area contributed by atoms with E-state index in [0.717, 1.165) is 50.2 Å². The van der Waals surface area contributed by atoms with Crippen LogP contribution in [0.25, 0.3) is 72.3 Å². The van der Waals surface area contributed by atoms with Crippen LogP contribution < -0.4 is 9.30 Å². The van der Waals surface area contributed by atoms with E-state index in [4.69, 9.17) is 15.2 Å². The molecule has 0 atom stereocenters. The molecule has 10 aromatic rings. The molecule has 3 aromatic heterocycles. The Kier molecular flexibility index (Phi) is 10.2. The molecule has 0 amide bonds. The predicted molar refractivity (Wildman–Crippen MR) is 262 cm³/mol. The number of rotatable bonds is 8. The third kappa shape index (κ3) is 8.24. The van der Waals surface area contributed by atoms with Crippen LogP contribution in [0.3, 0.4) is 0 Å². The maximum Gasteiger partial charge on any atom is 0.268 e. The van der Waals surface area contributed by atoms with Crippen LogP contribution >= 0.6 is 0 Å². The van der Waals surface area contributed by atoms with Crippen LogP contribution in [-0.2, 0) is 31.9 Å². The molecule has 0 fully saturated rings. The van der Waals surface area contributed by atoms with Crippen molar-refractivity contribution in [2.24, 2.45) is 0 Å². The minimum atomic E-state index is -0.311. The molecule has 0 N–H and O–H groups in total. The average Bonchev–Trinajstić information content (AvgIpc) is 3.89. The summed E-state index contributed by atoms with van der Waals surface area (Å²) in [4.78, 5) is 4.70. The number of ether oxygens (including phenoxy) is 1. The fourth-order valence-corrected chi connectivity index (χ4v) is 8.49. The summed E-state index contributed by atoms with van der Waals surface area (Å²) < 4.78 is 47.6. The zero-order valence-corrected chi connectivity index (χ0v) is 40.1. The average molecular weight is 1030 g/mol. The Morgan fingerprint density at radius 3 is 2.06 bits per heavy atom. The molecule has 10 rings (SSSR count). The van der Waals surface area contributed by atoms with E-state index in [1.807, 2.05) is 53.1 Å². The molecule has 0 aliphatic rings. The number of imidazole rings is 1. The van der Waals surface area contributed by atoms with Crippen LogP contribution in [0.1, 0.15) is 83.5 Å². The second kappa shape index (κ2) is 17.1. The zero-order valence-electron chi connectivity index (χ0n) is 41.9. The number of nitrogens with zero attached hydrogens (tertiary/aromatic N) is 4. The number of hydrogen-bond acceptors (Lipinski definition) is 2. The van der Waals surface area contributed by atoms with Gasteiger partial charge in [0.05, 0.1) is 22.2 Å². The summed E-state index contributed by atoms with van der Waals surface area (Å²) in [6.07, 6.45) is 5.51. The maximum atomic E-state index is 9.01. The molecule has 0 spiro atoms. The van der Waals surface area contributed by atoms with Crippen LogP contribution in [0.2, 0.25) is 0 Å². The normalized spacial score (nSPS) is 12.9. The number of fused-ring (bicyclic) bond motifs is 4. The second-order valence-electron chi connectivity index (χ2n) is 18.9. The van der Waals surface area contributed by atoms with Gasteiger partial charge in [-0.1, -0.05) is 170 Å². The van der Waals surface area contributed by atoms with Crippen LogP contribution in [0.15, 0.2) is 164 Å². The number of benzene rings is 7. The molecule has 7 aromatic carbocycles. The third-order valence-corrected chi connectivity index (χ3v) is 12.0. The van der Waals surface area contributed by atoms with Crippen LogP contribution in [0.4, 0.5) is 0 Å². The van der Waals surface area contributed by atoms with E-state index in [1.165, 1.54) is 11.1 Å². The molecule has 0 aliphatic heterocycles. The number of pyridine rings is 1. The molecule has 0 unspecified atom stereocenters. The monoisotopic (exact) mass is 1030 g/mol. The van der Waals surface area contributed by atoms with Crippen molar-refractivity contribution >= 4 is 32.8 Å². The van der Waals surface area contributed by atoms with Gasteiger partial charge >= 0.3 is 0 Å². The van der Waals surface area contributed by atoms with Gasteiger partial charge in [0.2, 0.25) is 0 Å². The molecule has 0 bridgehead atoms. The van der Waals surface area contributed by atoms with Crippen LogP contribution in [-0.4, -0.2) is 14.1 Å². The van der Waals surface area contributed by atoms with Gasteiger partial charge in [0, 0.05) is 44.3 Å². The maximum absolute atomic E-state index is 9.01. The van der Waals surface area contributed by atoms with Crippen LogP contribution in [0, 0.1) is 18.5 Å². The standard InChI is InChI=1S/C59H52N4O.Pt/c1-39(2)41-30-31-60-56(34-41)63-52-25-13-12-22-50(52)51-29-28-47(37-55(51)63)64-46-21-16-20-45(36-46)61-38-62(54-27-15-14-26-53(54)61)57-48(40-18-10-9-11-19-40)23-17-24-49(57)42-32-43(58(3,4)5)35-44(33-42)59(6,7)8;/h9-35,39H,1-8H3;/q-2;/i12D,13D,22D,25D;. The first-order chi connectivity index (χ1) is 32.5. The summed E-state index contributed by atoms with van der Waals surface area (Å²) in [7, 11) is 0. The number of hydrogen-bond donors (Lipinski definition) is 0. The first-order valence-electron chi connectivity index (χ1n) is 23.9. The molecule has 0 aliphatic carbocycles. The van der Waals surface area contributed by atoms with Crippen LogP contribution in [0.5, 0.6) is 11.5 Å². The SMILES string of the molecule is [2H]c1c([2H])c([2H])c2c(c1[2H])c1ccc(Oc3[c-]c(-n4[c-][n+](-c5c(-c6ccccc6)cccc5-c5cc(C(C)(C)C)cc(C(C)(C)C)c5)c5ccccc54)ccc3)[c-]c1n2-c1cc(C(C)C)ccn1.[Pt]. The van der Waals surface area contributed by atoms with Gasteiger partial charge in [-0.3, -0.25) is 4.57 Å².